The zero-order chi connectivity index (χ0) is 14.7. The number of nitrogens with zero attached hydrogens (tertiary/aromatic N) is 1. The van der Waals surface area contributed by atoms with Crippen molar-refractivity contribution in [3.8, 4) is 0 Å². The van der Waals surface area contributed by atoms with Crippen molar-refractivity contribution in [1.29, 1.82) is 0 Å². The van der Waals surface area contributed by atoms with Crippen molar-refractivity contribution in [3.05, 3.63) is 68.7 Å². The fourth-order valence-electron chi connectivity index (χ4n) is 1.98. The van der Waals surface area contributed by atoms with Crippen LogP contribution < -0.4 is 0 Å². The number of hydrogen-bond donors (Lipinski definition) is 0. The molecule has 0 aliphatic heterocycles. The maximum absolute atomic E-state index is 12.4. The van der Waals surface area contributed by atoms with Crippen LogP contribution in [0.3, 0.4) is 0 Å². The van der Waals surface area contributed by atoms with Crippen LogP contribution in [0, 0.1) is 6.92 Å². The van der Waals surface area contributed by atoms with Crippen LogP contribution in [0.15, 0.2) is 46.9 Å². The van der Waals surface area contributed by atoms with E-state index in [9.17, 15) is 4.79 Å². The summed E-state index contributed by atoms with van der Waals surface area (Å²) in [5.74, 6) is -0.00950. The first-order chi connectivity index (χ1) is 9.47. The van der Waals surface area contributed by atoms with E-state index >= 15 is 0 Å². The van der Waals surface area contributed by atoms with Crippen LogP contribution >= 0.6 is 27.5 Å². The Morgan fingerprint density at radius 3 is 2.65 bits per heavy atom. The highest BCUT2D eigenvalue weighted by molar-refractivity contribution is 9.10. The number of hydrogen-bond acceptors (Lipinski definition) is 1. The minimum absolute atomic E-state index is 0.00950. The average Bonchev–Trinajstić information content (AvgIpc) is 2.41. The van der Waals surface area contributed by atoms with Gasteiger partial charge in [0.05, 0.1) is 0 Å². The molecule has 0 saturated heterocycles. The Bertz CT molecular complexity index is 642. The molecule has 0 spiro atoms. The summed E-state index contributed by atoms with van der Waals surface area (Å²) in [6.45, 7) is 2.47. The molecule has 0 N–H and O–H groups in total. The summed E-state index contributed by atoms with van der Waals surface area (Å²) in [7, 11) is 1.80. The lowest BCUT2D eigenvalue weighted by Crippen LogP contribution is -2.26. The van der Waals surface area contributed by atoms with Crippen LogP contribution in [0.25, 0.3) is 0 Å². The highest BCUT2D eigenvalue weighted by Gasteiger charge is 2.13. The molecule has 104 valence electrons. The summed E-state index contributed by atoms with van der Waals surface area (Å²) in [5.41, 5.74) is 2.65. The number of carbonyl (C=O) groups excluding carboxylic acids is 1. The summed E-state index contributed by atoms with van der Waals surface area (Å²) >= 11 is 9.42. The Hall–Kier alpha value is -1.32. The normalized spacial score (nSPS) is 10.4. The van der Waals surface area contributed by atoms with Gasteiger partial charge >= 0.3 is 0 Å². The molecule has 0 atom stereocenters. The van der Waals surface area contributed by atoms with E-state index in [0.29, 0.717) is 17.1 Å². The third-order valence-electron chi connectivity index (χ3n) is 3.06. The first-order valence-electron chi connectivity index (χ1n) is 6.23. The molecule has 0 saturated carbocycles. The summed E-state index contributed by atoms with van der Waals surface area (Å²) in [6, 6.07) is 13.3. The predicted molar refractivity (Wildman–Crippen MR) is 86.1 cm³/mol. The number of aryl methyl sites for hydroxylation is 1. The van der Waals surface area contributed by atoms with E-state index in [1.54, 1.807) is 24.1 Å². The Morgan fingerprint density at radius 2 is 2.00 bits per heavy atom. The molecule has 0 aliphatic rings. The van der Waals surface area contributed by atoms with E-state index in [-0.39, 0.29) is 5.91 Å². The quantitative estimate of drug-likeness (QED) is 0.785. The molecule has 0 unspecified atom stereocenters. The molecule has 0 radical (unpaired) electrons. The molecule has 2 rings (SSSR count). The van der Waals surface area contributed by atoms with E-state index in [0.717, 1.165) is 15.6 Å². The molecule has 4 heteroatoms. The number of halogens is 2. The van der Waals surface area contributed by atoms with E-state index in [1.807, 2.05) is 37.3 Å². The maximum atomic E-state index is 12.4. The van der Waals surface area contributed by atoms with Gasteiger partial charge in [0.25, 0.3) is 5.91 Å². The Balaban J connectivity index is 2.14. The van der Waals surface area contributed by atoms with Gasteiger partial charge in [-0.3, -0.25) is 4.79 Å². The molecule has 0 aliphatic carbocycles. The second-order valence-corrected chi connectivity index (χ2v) is 6.08. The predicted octanol–water partition coefficient (Wildman–Crippen LogP) is 4.68. The fraction of sp³-hybridized carbons (Fsp3) is 0.188. The summed E-state index contributed by atoms with van der Waals surface area (Å²) in [4.78, 5) is 14.1. The molecular formula is C16H15BrClNO. The number of benzene rings is 2. The Kier molecular flexibility index (Phi) is 4.84. The summed E-state index contributed by atoms with van der Waals surface area (Å²) in [6.07, 6.45) is 0. The van der Waals surface area contributed by atoms with Gasteiger partial charge in [0.1, 0.15) is 0 Å². The lowest BCUT2D eigenvalue weighted by molar-refractivity contribution is 0.0785. The van der Waals surface area contributed by atoms with Crippen LogP contribution in [0.5, 0.6) is 0 Å². The zero-order valence-corrected chi connectivity index (χ0v) is 13.7. The molecule has 2 nitrogen and oxygen atoms in total. The highest BCUT2D eigenvalue weighted by atomic mass is 79.9. The lowest BCUT2D eigenvalue weighted by Gasteiger charge is -2.18. The molecule has 0 aromatic heterocycles. The molecular weight excluding hydrogens is 338 g/mol. The highest BCUT2D eigenvalue weighted by Crippen LogP contribution is 2.18. The van der Waals surface area contributed by atoms with Crippen LogP contribution in [-0.2, 0) is 6.54 Å². The van der Waals surface area contributed by atoms with Gasteiger partial charge in [-0.25, -0.2) is 0 Å². The van der Waals surface area contributed by atoms with E-state index < -0.39 is 0 Å². The minimum atomic E-state index is -0.00950. The van der Waals surface area contributed by atoms with Crippen LogP contribution in [0.2, 0.25) is 5.02 Å². The zero-order valence-electron chi connectivity index (χ0n) is 11.4. The molecule has 0 fully saturated rings. The number of rotatable bonds is 3. The van der Waals surface area contributed by atoms with Gasteiger partial charge in [0.15, 0.2) is 0 Å². The SMILES string of the molecule is Cc1cc(C(=O)N(C)Cc2cccc(Br)c2)ccc1Cl. The minimum Gasteiger partial charge on any atom is -0.337 e. The average molecular weight is 353 g/mol. The van der Waals surface area contributed by atoms with Crippen molar-refractivity contribution < 1.29 is 4.79 Å². The number of amides is 1. The first kappa shape index (κ1) is 15.1. The van der Waals surface area contributed by atoms with Crippen molar-refractivity contribution in [2.75, 3.05) is 7.05 Å². The van der Waals surface area contributed by atoms with Crippen LogP contribution in [-0.4, -0.2) is 17.9 Å². The monoisotopic (exact) mass is 351 g/mol. The van der Waals surface area contributed by atoms with Crippen molar-refractivity contribution in [2.45, 2.75) is 13.5 Å². The van der Waals surface area contributed by atoms with Gasteiger partial charge in [-0.15, -0.1) is 0 Å². The molecule has 0 bridgehead atoms. The molecule has 0 heterocycles. The van der Waals surface area contributed by atoms with E-state index in [2.05, 4.69) is 15.9 Å². The Labute approximate surface area is 132 Å². The topological polar surface area (TPSA) is 20.3 Å². The van der Waals surface area contributed by atoms with Gasteiger partial charge in [-0.2, -0.15) is 0 Å². The largest absolute Gasteiger partial charge is 0.337 e. The number of carbonyl (C=O) groups is 1. The van der Waals surface area contributed by atoms with Crippen molar-refractivity contribution in [2.24, 2.45) is 0 Å². The molecule has 2 aromatic carbocycles. The van der Waals surface area contributed by atoms with E-state index in [4.69, 9.17) is 11.6 Å². The molecule has 1 amide bonds. The standard InChI is InChI=1S/C16H15BrClNO/c1-11-8-13(6-7-15(11)18)16(20)19(2)10-12-4-3-5-14(17)9-12/h3-9H,10H2,1-2H3. The smallest absolute Gasteiger partial charge is 0.253 e. The van der Waals surface area contributed by atoms with E-state index in [1.165, 1.54) is 0 Å². The van der Waals surface area contributed by atoms with Crippen molar-refractivity contribution >= 4 is 33.4 Å². The first-order valence-corrected chi connectivity index (χ1v) is 7.40. The molecule has 2 aromatic rings. The third-order valence-corrected chi connectivity index (χ3v) is 3.98. The van der Waals surface area contributed by atoms with Crippen molar-refractivity contribution in [3.63, 3.8) is 0 Å². The maximum Gasteiger partial charge on any atom is 0.253 e. The Morgan fingerprint density at radius 1 is 1.25 bits per heavy atom. The summed E-state index contributed by atoms with van der Waals surface area (Å²) < 4.78 is 1.01. The second kappa shape index (κ2) is 6.42. The van der Waals surface area contributed by atoms with Crippen molar-refractivity contribution in [1.82, 2.24) is 4.90 Å². The third kappa shape index (κ3) is 3.62. The van der Waals surface area contributed by atoms with Gasteiger partial charge < -0.3 is 4.90 Å². The molecule has 20 heavy (non-hydrogen) atoms. The lowest BCUT2D eigenvalue weighted by atomic mass is 10.1. The van der Waals surface area contributed by atoms with Gasteiger partial charge in [0.2, 0.25) is 0 Å². The van der Waals surface area contributed by atoms with Gasteiger partial charge in [-0.1, -0.05) is 39.7 Å². The van der Waals surface area contributed by atoms with Crippen LogP contribution in [0.4, 0.5) is 0 Å². The summed E-state index contributed by atoms with van der Waals surface area (Å²) in [5, 5.41) is 0.677. The van der Waals surface area contributed by atoms with Gasteiger partial charge in [-0.05, 0) is 48.4 Å². The van der Waals surface area contributed by atoms with Gasteiger partial charge in [0, 0.05) is 28.7 Å². The fourth-order valence-corrected chi connectivity index (χ4v) is 2.54. The second-order valence-electron chi connectivity index (χ2n) is 4.76. The van der Waals surface area contributed by atoms with Crippen LogP contribution in [0.1, 0.15) is 21.5 Å².